The monoisotopic (exact) mass is 547 g/mol. The highest BCUT2D eigenvalue weighted by atomic mass is 127. The summed E-state index contributed by atoms with van der Waals surface area (Å²) >= 11 is 0. The van der Waals surface area contributed by atoms with Gasteiger partial charge in [0, 0.05) is 52.4 Å². The third kappa shape index (κ3) is 7.58. The fourth-order valence-electron chi connectivity index (χ4n) is 4.19. The number of carbonyl (C=O) groups excluding carboxylic acids is 1. The number of amides is 1. The van der Waals surface area contributed by atoms with Gasteiger partial charge in [-0.05, 0) is 32.6 Å². The molecule has 2 fully saturated rings. The first-order chi connectivity index (χ1) is 14.6. The molecule has 0 aromatic carbocycles. The second kappa shape index (κ2) is 13.2. The fraction of sp³-hybridized carbons (Fsp3) is 0.810. The topological polar surface area (TPSA) is 96.7 Å². The van der Waals surface area contributed by atoms with Gasteiger partial charge in [0.15, 0.2) is 11.8 Å². The van der Waals surface area contributed by atoms with Gasteiger partial charge < -0.3 is 24.8 Å². The Morgan fingerprint density at radius 1 is 1.23 bits per heavy atom. The average molecular weight is 547 g/mol. The van der Waals surface area contributed by atoms with Gasteiger partial charge in [-0.1, -0.05) is 19.3 Å². The van der Waals surface area contributed by atoms with Crippen LogP contribution >= 0.6 is 24.0 Å². The lowest BCUT2D eigenvalue weighted by molar-refractivity contribution is -0.135. The number of methoxy groups -OCH3 is 1. The normalized spacial score (nSPS) is 19.9. The predicted molar refractivity (Wildman–Crippen MR) is 131 cm³/mol. The number of ether oxygens (including phenoxy) is 1. The van der Waals surface area contributed by atoms with Gasteiger partial charge in [0.25, 0.3) is 0 Å². The summed E-state index contributed by atoms with van der Waals surface area (Å²) in [5.74, 6) is 3.03. The minimum absolute atomic E-state index is 0. The fourth-order valence-corrected chi connectivity index (χ4v) is 4.19. The number of aryl methyl sites for hydroxylation is 1. The lowest BCUT2D eigenvalue weighted by atomic mass is 9.88. The van der Waals surface area contributed by atoms with E-state index in [-0.39, 0.29) is 35.9 Å². The first kappa shape index (κ1) is 25.8. The smallest absolute Gasteiger partial charge is 0.225 e. The number of likely N-dealkylation sites (tertiary alicyclic amines) is 1. The van der Waals surface area contributed by atoms with Crippen molar-refractivity contribution in [2.24, 2.45) is 18.0 Å². The van der Waals surface area contributed by atoms with Crippen molar-refractivity contribution in [3.05, 3.63) is 11.6 Å². The molecule has 1 saturated heterocycles. The molecular weight excluding hydrogens is 509 g/mol. The zero-order chi connectivity index (χ0) is 21.3. The molecule has 2 N–H and O–H groups in total. The van der Waals surface area contributed by atoms with Crippen LogP contribution < -0.4 is 10.6 Å². The van der Waals surface area contributed by atoms with Crippen molar-refractivity contribution >= 4 is 35.8 Å². The van der Waals surface area contributed by atoms with E-state index in [1.54, 1.807) is 7.11 Å². The largest absolute Gasteiger partial charge is 0.385 e. The van der Waals surface area contributed by atoms with E-state index in [2.05, 4.69) is 20.8 Å². The van der Waals surface area contributed by atoms with Gasteiger partial charge in [0.1, 0.15) is 12.4 Å². The zero-order valence-electron chi connectivity index (χ0n) is 19.1. The van der Waals surface area contributed by atoms with Crippen molar-refractivity contribution in [2.45, 2.75) is 64.5 Å². The van der Waals surface area contributed by atoms with Crippen LogP contribution in [0.2, 0.25) is 0 Å². The Balaban J connectivity index is 0.00000341. The van der Waals surface area contributed by atoms with Gasteiger partial charge in [0.2, 0.25) is 5.91 Å². The SMILES string of the molecule is COCCCNC(=NCc1nnc(C)n1C)NC1CCN(C(=O)C2CCCCC2)C1.I. The van der Waals surface area contributed by atoms with Crippen LogP contribution in [0.15, 0.2) is 4.99 Å². The maximum absolute atomic E-state index is 12.8. The number of hydrogen-bond acceptors (Lipinski definition) is 5. The summed E-state index contributed by atoms with van der Waals surface area (Å²) in [5, 5.41) is 15.2. The van der Waals surface area contributed by atoms with Crippen LogP contribution in [0.3, 0.4) is 0 Å². The van der Waals surface area contributed by atoms with Crippen LogP contribution in [0.25, 0.3) is 0 Å². The molecule has 1 aromatic heterocycles. The zero-order valence-corrected chi connectivity index (χ0v) is 21.4. The Bertz CT molecular complexity index is 719. The molecular formula is C21H38IN7O2. The number of aliphatic imine (C=N–C) groups is 1. The molecule has 1 aromatic rings. The first-order valence-corrected chi connectivity index (χ1v) is 11.3. The molecule has 0 spiro atoms. The molecule has 9 nitrogen and oxygen atoms in total. The number of guanidine groups is 1. The molecule has 10 heteroatoms. The van der Waals surface area contributed by atoms with E-state index < -0.39 is 0 Å². The van der Waals surface area contributed by atoms with E-state index in [1.165, 1.54) is 19.3 Å². The number of aromatic nitrogens is 3. The van der Waals surface area contributed by atoms with E-state index in [1.807, 2.05) is 23.4 Å². The van der Waals surface area contributed by atoms with Crippen LogP contribution in [-0.2, 0) is 23.1 Å². The number of hydrogen-bond donors (Lipinski definition) is 2. The number of carbonyl (C=O) groups is 1. The molecule has 0 radical (unpaired) electrons. The number of halogens is 1. The molecule has 0 bridgehead atoms. The summed E-state index contributed by atoms with van der Waals surface area (Å²) < 4.78 is 7.09. The summed E-state index contributed by atoms with van der Waals surface area (Å²) in [6.07, 6.45) is 7.60. The Kier molecular flexibility index (Phi) is 11.0. The summed E-state index contributed by atoms with van der Waals surface area (Å²) in [4.78, 5) is 19.6. The van der Waals surface area contributed by atoms with Gasteiger partial charge in [-0.3, -0.25) is 4.79 Å². The maximum atomic E-state index is 12.8. The Labute approximate surface area is 202 Å². The molecule has 1 unspecified atom stereocenters. The van der Waals surface area contributed by atoms with Gasteiger partial charge in [-0.15, -0.1) is 34.2 Å². The van der Waals surface area contributed by atoms with E-state index in [0.29, 0.717) is 19.1 Å². The van der Waals surface area contributed by atoms with Gasteiger partial charge in [-0.2, -0.15) is 0 Å². The van der Waals surface area contributed by atoms with Crippen LogP contribution in [0.4, 0.5) is 0 Å². The Morgan fingerprint density at radius 2 is 2.00 bits per heavy atom. The van der Waals surface area contributed by atoms with Crippen LogP contribution in [0.1, 0.15) is 56.6 Å². The minimum Gasteiger partial charge on any atom is -0.385 e. The quantitative estimate of drug-likeness (QED) is 0.224. The van der Waals surface area contributed by atoms with E-state index >= 15 is 0 Å². The third-order valence-corrected chi connectivity index (χ3v) is 6.17. The molecule has 3 rings (SSSR count). The second-order valence-electron chi connectivity index (χ2n) is 8.41. The second-order valence-corrected chi connectivity index (χ2v) is 8.41. The van der Waals surface area contributed by atoms with Gasteiger partial charge in [0.05, 0.1) is 0 Å². The highest BCUT2D eigenvalue weighted by Crippen LogP contribution is 2.26. The van der Waals surface area contributed by atoms with Gasteiger partial charge in [-0.25, -0.2) is 4.99 Å². The highest BCUT2D eigenvalue weighted by Gasteiger charge is 2.31. The van der Waals surface area contributed by atoms with Crippen molar-refractivity contribution in [1.82, 2.24) is 30.3 Å². The van der Waals surface area contributed by atoms with Crippen LogP contribution in [0.5, 0.6) is 0 Å². The van der Waals surface area contributed by atoms with E-state index in [9.17, 15) is 4.79 Å². The summed E-state index contributed by atoms with van der Waals surface area (Å²) in [7, 11) is 3.66. The van der Waals surface area contributed by atoms with E-state index in [4.69, 9.17) is 9.73 Å². The van der Waals surface area contributed by atoms with Gasteiger partial charge >= 0.3 is 0 Å². The minimum atomic E-state index is 0. The van der Waals surface area contributed by atoms with Crippen molar-refractivity contribution in [1.29, 1.82) is 0 Å². The molecule has 1 aliphatic carbocycles. The molecule has 1 atom stereocenters. The Hall–Kier alpha value is -1.43. The predicted octanol–water partition coefficient (Wildman–Crippen LogP) is 1.99. The standard InChI is InChI=1S/C21H37N7O2.HI/c1-16-25-26-19(27(16)2)14-23-21(22-11-7-13-30-3)24-18-10-12-28(15-18)20(29)17-8-5-4-6-9-17;/h17-18H,4-15H2,1-3H3,(H2,22,23,24);1H. The summed E-state index contributed by atoms with van der Waals surface area (Å²) in [5.41, 5.74) is 0. The molecule has 1 amide bonds. The van der Waals surface area contributed by atoms with Crippen molar-refractivity contribution in [3.63, 3.8) is 0 Å². The maximum Gasteiger partial charge on any atom is 0.225 e. The average Bonchev–Trinajstić information content (AvgIpc) is 3.36. The van der Waals surface area contributed by atoms with Crippen LogP contribution in [0, 0.1) is 12.8 Å². The lowest BCUT2D eigenvalue weighted by Crippen LogP contribution is -2.46. The summed E-state index contributed by atoms with van der Waals surface area (Å²) in [6, 6.07) is 0.215. The number of rotatable bonds is 8. The third-order valence-electron chi connectivity index (χ3n) is 6.17. The first-order valence-electron chi connectivity index (χ1n) is 11.3. The molecule has 176 valence electrons. The summed E-state index contributed by atoms with van der Waals surface area (Å²) in [6.45, 7) is 5.43. The molecule has 2 heterocycles. The van der Waals surface area contributed by atoms with Crippen molar-refractivity contribution < 1.29 is 9.53 Å². The molecule has 2 aliphatic rings. The number of nitrogens with one attached hydrogen (secondary N) is 2. The number of nitrogens with zero attached hydrogens (tertiary/aromatic N) is 5. The molecule has 1 saturated carbocycles. The molecule has 1 aliphatic heterocycles. The molecule has 31 heavy (non-hydrogen) atoms. The van der Waals surface area contributed by atoms with Crippen molar-refractivity contribution in [3.8, 4) is 0 Å². The van der Waals surface area contributed by atoms with Crippen molar-refractivity contribution in [2.75, 3.05) is 33.4 Å². The lowest BCUT2D eigenvalue weighted by Gasteiger charge is -2.26. The van der Waals surface area contributed by atoms with Crippen LogP contribution in [-0.4, -0.2) is 70.9 Å². The highest BCUT2D eigenvalue weighted by molar-refractivity contribution is 14.0. The van der Waals surface area contributed by atoms with E-state index in [0.717, 1.165) is 62.9 Å². The Morgan fingerprint density at radius 3 is 2.68 bits per heavy atom.